The van der Waals surface area contributed by atoms with Gasteiger partial charge in [0.15, 0.2) is 11.8 Å². The predicted molar refractivity (Wildman–Crippen MR) is 82.4 cm³/mol. The summed E-state index contributed by atoms with van der Waals surface area (Å²) in [7, 11) is 0. The zero-order valence-corrected chi connectivity index (χ0v) is 12.8. The lowest BCUT2D eigenvalue weighted by Gasteiger charge is -2.08. The summed E-state index contributed by atoms with van der Waals surface area (Å²) in [4.78, 5) is 12.4. The zero-order chi connectivity index (χ0) is 16.4. The molecule has 0 radical (unpaired) electrons. The van der Waals surface area contributed by atoms with Gasteiger partial charge in [-0.15, -0.1) is 0 Å². The van der Waals surface area contributed by atoms with E-state index in [4.69, 9.17) is 10.1 Å². The standard InChI is InChI=1S/C14H12N4O4S/c1-8-10(18(20)22-17-8)7-21-11-5-3-2-4-9(11)6-12-13(19)16-14(15)23-12/h2-6H,7H2,1H3,(H2,15,16,19)/b12-6-. The van der Waals surface area contributed by atoms with Crippen molar-refractivity contribution in [3.05, 3.63) is 51.3 Å². The van der Waals surface area contributed by atoms with Crippen LogP contribution < -0.4 is 15.0 Å². The molecular weight excluding hydrogens is 320 g/mol. The summed E-state index contributed by atoms with van der Waals surface area (Å²) >= 11 is 1.05. The highest BCUT2D eigenvalue weighted by Crippen LogP contribution is 2.29. The van der Waals surface area contributed by atoms with Gasteiger partial charge in [0.05, 0.1) is 4.91 Å². The molecule has 0 spiro atoms. The van der Waals surface area contributed by atoms with Gasteiger partial charge >= 0.3 is 0 Å². The Balaban J connectivity index is 1.83. The molecule has 0 bridgehead atoms. The predicted octanol–water partition coefficient (Wildman–Crippen LogP) is 1.33. The average Bonchev–Trinajstić information content (AvgIpc) is 3.00. The van der Waals surface area contributed by atoms with E-state index in [0.717, 1.165) is 11.8 Å². The van der Waals surface area contributed by atoms with Crippen LogP contribution in [-0.4, -0.2) is 16.2 Å². The van der Waals surface area contributed by atoms with Crippen LogP contribution in [-0.2, 0) is 11.4 Å². The smallest absolute Gasteiger partial charge is 0.264 e. The number of hydrogen-bond acceptors (Lipinski definition) is 7. The van der Waals surface area contributed by atoms with E-state index in [2.05, 4.69) is 15.1 Å². The van der Waals surface area contributed by atoms with E-state index in [0.29, 0.717) is 26.8 Å². The zero-order valence-electron chi connectivity index (χ0n) is 12.0. The number of thioether (sulfide) groups is 1. The first-order valence-corrected chi connectivity index (χ1v) is 7.42. The highest BCUT2D eigenvalue weighted by Gasteiger charge is 2.23. The first kappa shape index (κ1) is 15.1. The number of carbonyl (C=O) groups excluding carboxylic acids is 1. The van der Waals surface area contributed by atoms with Gasteiger partial charge in [-0.3, -0.25) is 14.8 Å². The number of carbonyl (C=O) groups is 1. The molecule has 1 aromatic carbocycles. The Morgan fingerprint density at radius 1 is 1.52 bits per heavy atom. The monoisotopic (exact) mass is 332 g/mol. The summed E-state index contributed by atoms with van der Waals surface area (Å²) in [5, 5.41) is 24.9. The van der Waals surface area contributed by atoms with Crippen molar-refractivity contribution in [3.63, 3.8) is 0 Å². The molecule has 0 aliphatic carbocycles. The highest BCUT2D eigenvalue weighted by atomic mass is 32.2. The van der Waals surface area contributed by atoms with Gasteiger partial charge < -0.3 is 15.3 Å². The maximum absolute atomic E-state index is 11.7. The van der Waals surface area contributed by atoms with Crippen LogP contribution in [0.2, 0.25) is 0 Å². The molecule has 1 aliphatic heterocycles. The lowest BCUT2D eigenvalue weighted by Crippen LogP contribution is -2.29. The van der Waals surface area contributed by atoms with Crippen LogP contribution in [0.3, 0.4) is 0 Å². The lowest BCUT2D eigenvalue weighted by molar-refractivity contribution is -0.808. The molecule has 23 heavy (non-hydrogen) atoms. The first-order valence-electron chi connectivity index (χ1n) is 6.61. The maximum Gasteiger partial charge on any atom is 0.264 e. The molecule has 0 unspecified atom stereocenters. The van der Waals surface area contributed by atoms with Gasteiger partial charge in [0.25, 0.3) is 5.91 Å². The van der Waals surface area contributed by atoms with E-state index >= 15 is 0 Å². The molecule has 1 aromatic heterocycles. The second-order valence-electron chi connectivity index (χ2n) is 4.68. The molecule has 3 rings (SSSR count). The summed E-state index contributed by atoms with van der Waals surface area (Å²) in [6.45, 7) is 1.64. The normalized spacial score (nSPS) is 16.0. The molecule has 1 fully saturated rings. The van der Waals surface area contributed by atoms with Crippen LogP contribution in [0.15, 0.2) is 33.8 Å². The van der Waals surface area contributed by atoms with Gasteiger partial charge in [-0.1, -0.05) is 18.2 Å². The van der Waals surface area contributed by atoms with Crippen molar-refractivity contribution in [2.24, 2.45) is 0 Å². The molecule has 2 heterocycles. The van der Waals surface area contributed by atoms with E-state index in [1.54, 1.807) is 37.3 Å². The van der Waals surface area contributed by atoms with Crippen LogP contribution in [0.4, 0.5) is 0 Å². The van der Waals surface area contributed by atoms with Crippen molar-refractivity contribution in [3.8, 4) is 5.75 Å². The largest absolute Gasteiger partial charge is 0.484 e. The number of aryl methyl sites for hydroxylation is 1. The van der Waals surface area contributed by atoms with Gasteiger partial charge in [0.2, 0.25) is 11.4 Å². The Labute approximate surface area is 135 Å². The van der Waals surface area contributed by atoms with Gasteiger partial charge in [-0.05, 0) is 28.8 Å². The van der Waals surface area contributed by atoms with Crippen LogP contribution in [0.25, 0.3) is 6.08 Å². The number of aromatic nitrogens is 2. The molecule has 8 nitrogen and oxygen atoms in total. The molecule has 1 saturated heterocycles. The second kappa shape index (κ2) is 6.13. The van der Waals surface area contributed by atoms with Crippen LogP contribution in [0.5, 0.6) is 5.75 Å². The van der Waals surface area contributed by atoms with Crippen LogP contribution in [0, 0.1) is 17.5 Å². The Hall–Kier alpha value is -2.81. The number of nitrogens with one attached hydrogen (secondary N) is 2. The third-order valence-electron chi connectivity index (χ3n) is 3.12. The third-order valence-corrected chi connectivity index (χ3v) is 3.95. The van der Waals surface area contributed by atoms with Gasteiger partial charge in [-0.2, -0.15) is 0 Å². The molecule has 2 aromatic rings. The number of rotatable bonds is 4. The number of amides is 1. The number of benzene rings is 1. The van der Waals surface area contributed by atoms with Crippen molar-refractivity contribution >= 4 is 28.9 Å². The minimum atomic E-state index is -0.318. The first-order chi connectivity index (χ1) is 11.0. The van der Waals surface area contributed by atoms with E-state index < -0.39 is 0 Å². The maximum atomic E-state index is 11.7. The fourth-order valence-corrected chi connectivity index (χ4v) is 2.64. The van der Waals surface area contributed by atoms with E-state index in [-0.39, 0.29) is 23.4 Å². The molecule has 9 heteroatoms. The van der Waals surface area contributed by atoms with Crippen molar-refractivity contribution in [2.45, 2.75) is 13.5 Å². The van der Waals surface area contributed by atoms with Gasteiger partial charge in [-0.25, -0.2) is 0 Å². The SMILES string of the molecule is Cc1no[n+]([O-])c1COc1ccccc1/C=C1\SC(=N)NC1=O. The van der Waals surface area contributed by atoms with Crippen molar-refractivity contribution in [2.75, 3.05) is 0 Å². The van der Waals surface area contributed by atoms with Crippen LogP contribution in [0.1, 0.15) is 17.0 Å². The Morgan fingerprint density at radius 3 is 2.96 bits per heavy atom. The Bertz CT molecular complexity index is 795. The van der Waals surface area contributed by atoms with E-state index in [1.807, 2.05) is 0 Å². The summed E-state index contributed by atoms with van der Waals surface area (Å²) in [5.74, 6) is 0.189. The van der Waals surface area contributed by atoms with Gasteiger partial charge in [0.1, 0.15) is 5.75 Å². The summed E-state index contributed by atoms with van der Waals surface area (Å²) in [5.41, 5.74) is 1.41. The Morgan fingerprint density at radius 2 is 2.30 bits per heavy atom. The minimum Gasteiger partial charge on any atom is -0.484 e. The topological polar surface area (TPSA) is 115 Å². The molecule has 1 aliphatic rings. The summed E-state index contributed by atoms with van der Waals surface area (Å²) < 4.78 is 10.1. The van der Waals surface area contributed by atoms with E-state index in [9.17, 15) is 10.0 Å². The fraction of sp³-hybridized carbons (Fsp3) is 0.143. The number of amidine groups is 1. The van der Waals surface area contributed by atoms with Gasteiger partial charge in [0, 0.05) is 17.6 Å². The number of nitrogens with zero attached hydrogens (tertiary/aromatic N) is 2. The Kier molecular flexibility index (Phi) is 4.02. The van der Waals surface area contributed by atoms with Crippen molar-refractivity contribution in [1.82, 2.24) is 10.5 Å². The van der Waals surface area contributed by atoms with E-state index in [1.165, 1.54) is 0 Å². The third kappa shape index (κ3) is 3.19. The molecule has 0 saturated carbocycles. The summed E-state index contributed by atoms with van der Waals surface area (Å²) in [6.07, 6.45) is 1.64. The molecule has 118 valence electrons. The highest BCUT2D eigenvalue weighted by molar-refractivity contribution is 8.18. The lowest BCUT2D eigenvalue weighted by atomic mass is 10.2. The fourth-order valence-electron chi connectivity index (χ4n) is 1.95. The van der Waals surface area contributed by atoms with Crippen LogP contribution >= 0.6 is 11.8 Å². The van der Waals surface area contributed by atoms with Crippen molar-refractivity contribution < 1.29 is 19.1 Å². The number of ether oxygens (including phenoxy) is 1. The molecule has 0 atom stereocenters. The second-order valence-corrected chi connectivity index (χ2v) is 5.73. The summed E-state index contributed by atoms with van der Waals surface area (Å²) in [6, 6.07) is 7.10. The average molecular weight is 332 g/mol. The molecule has 1 amide bonds. The quantitative estimate of drug-likeness (QED) is 0.645. The minimum absolute atomic E-state index is 0.00578. The molecular formula is C14H12N4O4S. The number of hydrogen-bond donors (Lipinski definition) is 2. The number of para-hydroxylation sites is 1. The van der Waals surface area contributed by atoms with Crippen molar-refractivity contribution in [1.29, 1.82) is 5.41 Å². The molecule has 2 N–H and O–H groups in total.